The molecular formula is C23H36N2O6. The monoisotopic (exact) mass is 436 g/mol. The quantitative estimate of drug-likeness (QED) is 0.613. The summed E-state index contributed by atoms with van der Waals surface area (Å²) in [4.78, 5) is 26.2. The van der Waals surface area contributed by atoms with Gasteiger partial charge in [-0.15, -0.1) is 0 Å². The van der Waals surface area contributed by atoms with Crippen molar-refractivity contribution in [3.8, 4) is 11.5 Å². The fraction of sp³-hybridized carbons (Fsp3) is 0.652. The molecule has 1 aliphatic heterocycles. The van der Waals surface area contributed by atoms with Crippen LogP contribution >= 0.6 is 0 Å². The number of alkyl carbamates (subject to hydrolysis) is 1. The van der Waals surface area contributed by atoms with Crippen LogP contribution in [0.3, 0.4) is 0 Å². The van der Waals surface area contributed by atoms with Crippen LogP contribution < -0.4 is 14.8 Å². The highest BCUT2D eigenvalue weighted by atomic mass is 16.6. The number of piperidine rings is 1. The fourth-order valence-corrected chi connectivity index (χ4v) is 3.48. The first kappa shape index (κ1) is 24.8. The summed E-state index contributed by atoms with van der Waals surface area (Å²) >= 11 is 0. The van der Waals surface area contributed by atoms with E-state index in [1.54, 1.807) is 46.1 Å². The number of hydrogen-bond acceptors (Lipinski definition) is 6. The Morgan fingerprint density at radius 3 is 2.52 bits per heavy atom. The number of aliphatic carboxylic acids is 1. The van der Waals surface area contributed by atoms with E-state index in [0.29, 0.717) is 23.7 Å². The molecule has 1 aromatic rings. The number of benzene rings is 1. The second-order valence-electron chi connectivity index (χ2n) is 9.06. The molecule has 1 saturated heterocycles. The summed E-state index contributed by atoms with van der Waals surface area (Å²) in [5.74, 6) is 0.657. The topological polar surface area (TPSA) is 97.3 Å². The van der Waals surface area contributed by atoms with Gasteiger partial charge in [0, 0.05) is 18.5 Å². The number of nitrogens with zero attached hydrogens (tertiary/aromatic N) is 1. The molecule has 8 nitrogen and oxygen atoms in total. The lowest BCUT2D eigenvalue weighted by molar-refractivity contribution is -0.139. The van der Waals surface area contributed by atoms with Crippen molar-refractivity contribution in [2.24, 2.45) is 5.92 Å². The maximum atomic E-state index is 12.1. The standard InChI is InChI=1S/C23H36N2O6/c1-16-9-11-25(12-10-16)13-14-30-20-17(7-6-8-19(20)29-5)15-18(21(26)27)24-22(28)31-23(2,3)4/h6-8,16,18H,9-15H2,1-5H3,(H,24,28)(H,26,27). The molecule has 1 aliphatic rings. The van der Waals surface area contributed by atoms with Crippen LogP contribution in [0.2, 0.25) is 0 Å². The van der Waals surface area contributed by atoms with Crippen molar-refractivity contribution in [1.29, 1.82) is 0 Å². The van der Waals surface area contributed by atoms with Gasteiger partial charge in [-0.05, 0) is 58.7 Å². The molecule has 0 aromatic heterocycles. The number of ether oxygens (including phenoxy) is 3. The highest BCUT2D eigenvalue weighted by Gasteiger charge is 2.26. The average Bonchev–Trinajstić information content (AvgIpc) is 2.68. The van der Waals surface area contributed by atoms with E-state index in [9.17, 15) is 14.7 Å². The molecule has 31 heavy (non-hydrogen) atoms. The molecule has 1 heterocycles. The lowest BCUT2D eigenvalue weighted by Gasteiger charge is -2.30. The number of carboxylic acids is 1. The average molecular weight is 437 g/mol. The molecule has 8 heteroatoms. The van der Waals surface area contributed by atoms with Crippen LogP contribution in [0.15, 0.2) is 18.2 Å². The van der Waals surface area contributed by atoms with Gasteiger partial charge in [-0.1, -0.05) is 19.1 Å². The third-order valence-corrected chi connectivity index (χ3v) is 5.22. The highest BCUT2D eigenvalue weighted by molar-refractivity contribution is 5.80. The number of nitrogens with one attached hydrogen (secondary N) is 1. The largest absolute Gasteiger partial charge is 0.493 e. The smallest absolute Gasteiger partial charge is 0.408 e. The summed E-state index contributed by atoms with van der Waals surface area (Å²) in [5.41, 5.74) is -0.0704. The molecule has 1 aromatic carbocycles. The Balaban J connectivity index is 2.06. The maximum absolute atomic E-state index is 12.1. The first-order chi connectivity index (χ1) is 14.6. The molecule has 0 spiro atoms. The van der Waals surface area contributed by atoms with Crippen LogP contribution in [0.4, 0.5) is 4.79 Å². The van der Waals surface area contributed by atoms with Gasteiger partial charge in [0.05, 0.1) is 7.11 Å². The van der Waals surface area contributed by atoms with Gasteiger partial charge in [0.2, 0.25) is 0 Å². The molecule has 0 bridgehead atoms. The Kier molecular flexibility index (Phi) is 8.98. The molecule has 1 fully saturated rings. The minimum atomic E-state index is -1.16. The fourth-order valence-electron chi connectivity index (χ4n) is 3.48. The highest BCUT2D eigenvalue weighted by Crippen LogP contribution is 2.32. The predicted molar refractivity (Wildman–Crippen MR) is 118 cm³/mol. The molecule has 1 atom stereocenters. The van der Waals surface area contributed by atoms with E-state index in [-0.39, 0.29) is 6.42 Å². The SMILES string of the molecule is COc1cccc(CC(NC(=O)OC(C)(C)C)C(=O)O)c1OCCN1CCC(C)CC1. The van der Waals surface area contributed by atoms with Gasteiger partial charge in [-0.2, -0.15) is 0 Å². The summed E-state index contributed by atoms with van der Waals surface area (Å²) in [6.07, 6.45) is 1.65. The predicted octanol–water partition coefficient (Wildman–Crippen LogP) is 3.33. The number of carboxylic acid groups (broad SMARTS) is 1. The van der Waals surface area contributed by atoms with Crippen molar-refractivity contribution in [2.75, 3.05) is 33.4 Å². The van der Waals surface area contributed by atoms with E-state index >= 15 is 0 Å². The maximum Gasteiger partial charge on any atom is 0.408 e. The van der Waals surface area contributed by atoms with Crippen molar-refractivity contribution >= 4 is 12.1 Å². The lowest BCUT2D eigenvalue weighted by atomic mass is 9.99. The van der Waals surface area contributed by atoms with Crippen molar-refractivity contribution in [3.05, 3.63) is 23.8 Å². The third kappa shape index (κ3) is 8.28. The van der Waals surface area contributed by atoms with Gasteiger partial charge in [0.15, 0.2) is 11.5 Å². The van der Waals surface area contributed by atoms with E-state index in [4.69, 9.17) is 14.2 Å². The number of likely N-dealkylation sites (tertiary alicyclic amines) is 1. The summed E-state index contributed by atoms with van der Waals surface area (Å²) in [6, 6.07) is 4.18. The molecule has 174 valence electrons. The minimum absolute atomic E-state index is 0.0440. The number of carbonyl (C=O) groups excluding carboxylic acids is 1. The van der Waals surface area contributed by atoms with Gasteiger partial charge in [0.25, 0.3) is 0 Å². The van der Waals surface area contributed by atoms with Gasteiger partial charge < -0.3 is 24.6 Å². The summed E-state index contributed by atoms with van der Waals surface area (Å²) in [6.45, 7) is 10.8. The summed E-state index contributed by atoms with van der Waals surface area (Å²) in [7, 11) is 1.55. The van der Waals surface area contributed by atoms with Crippen LogP contribution in [0.1, 0.15) is 46.1 Å². The van der Waals surface area contributed by atoms with Crippen LogP contribution in [0, 0.1) is 5.92 Å². The molecule has 0 radical (unpaired) electrons. The summed E-state index contributed by atoms with van der Waals surface area (Å²) in [5, 5.41) is 12.1. The summed E-state index contributed by atoms with van der Waals surface area (Å²) < 4.78 is 16.7. The van der Waals surface area contributed by atoms with Crippen molar-refractivity contribution in [2.45, 2.75) is 58.6 Å². The molecule has 1 unspecified atom stereocenters. The number of rotatable bonds is 9. The number of hydrogen-bond donors (Lipinski definition) is 2. The lowest BCUT2D eigenvalue weighted by Crippen LogP contribution is -2.44. The molecule has 0 aliphatic carbocycles. The van der Waals surface area contributed by atoms with Crippen molar-refractivity contribution in [1.82, 2.24) is 10.2 Å². The molecular weight excluding hydrogens is 400 g/mol. The number of methoxy groups -OCH3 is 1. The first-order valence-electron chi connectivity index (χ1n) is 10.8. The van der Waals surface area contributed by atoms with Crippen LogP contribution in [0.25, 0.3) is 0 Å². The van der Waals surface area contributed by atoms with E-state index < -0.39 is 23.7 Å². The van der Waals surface area contributed by atoms with Crippen molar-refractivity contribution in [3.63, 3.8) is 0 Å². The van der Waals surface area contributed by atoms with Crippen LogP contribution in [-0.2, 0) is 16.0 Å². The van der Waals surface area contributed by atoms with Crippen LogP contribution in [-0.4, -0.2) is 67.1 Å². The Labute approximate surface area is 184 Å². The van der Waals surface area contributed by atoms with Crippen LogP contribution in [0.5, 0.6) is 11.5 Å². The van der Waals surface area contributed by atoms with E-state index in [2.05, 4.69) is 17.1 Å². The third-order valence-electron chi connectivity index (χ3n) is 5.22. The van der Waals surface area contributed by atoms with E-state index in [0.717, 1.165) is 25.6 Å². The second kappa shape index (κ2) is 11.2. The minimum Gasteiger partial charge on any atom is -0.493 e. The van der Waals surface area contributed by atoms with Gasteiger partial charge in [0.1, 0.15) is 18.2 Å². The van der Waals surface area contributed by atoms with Gasteiger partial charge in [-0.3, -0.25) is 4.90 Å². The van der Waals surface area contributed by atoms with Gasteiger partial charge in [-0.25, -0.2) is 9.59 Å². The van der Waals surface area contributed by atoms with Crippen molar-refractivity contribution < 1.29 is 28.9 Å². The number of amides is 1. The normalized spacial score (nSPS) is 16.4. The molecule has 0 saturated carbocycles. The van der Waals surface area contributed by atoms with E-state index in [1.807, 2.05) is 0 Å². The zero-order valence-corrected chi connectivity index (χ0v) is 19.3. The zero-order valence-electron chi connectivity index (χ0n) is 19.3. The van der Waals surface area contributed by atoms with Gasteiger partial charge >= 0.3 is 12.1 Å². The number of para-hydroxylation sites is 1. The Hall–Kier alpha value is -2.48. The number of carbonyl (C=O) groups is 2. The second-order valence-corrected chi connectivity index (χ2v) is 9.06. The van der Waals surface area contributed by atoms with E-state index in [1.165, 1.54) is 12.8 Å². The Morgan fingerprint density at radius 1 is 1.26 bits per heavy atom. The molecule has 2 rings (SSSR count). The first-order valence-corrected chi connectivity index (χ1v) is 10.8. The zero-order chi connectivity index (χ0) is 23.0. The molecule has 1 amide bonds. The Bertz CT molecular complexity index is 738. The Morgan fingerprint density at radius 2 is 1.94 bits per heavy atom. The molecule has 2 N–H and O–H groups in total.